The van der Waals surface area contributed by atoms with Crippen LogP contribution in [-0.2, 0) is 10.1 Å². The molecule has 1 rings (SSSR count). The third kappa shape index (κ3) is 2.73. The van der Waals surface area contributed by atoms with Crippen LogP contribution in [0.15, 0.2) is 12.1 Å². The lowest BCUT2D eigenvalue weighted by Gasteiger charge is -2.08. The van der Waals surface area contributed by atoms with Gasteiger partial charge in [-0.15, -0.1) is 0 Å². The largest absolute Gasteiger partial charge is 0.490 e. The molecular weight excluding hydrogens is 294 g/mol. The van der Waals surface area contributed by atoms with Crippen molar-refractivity contribution in [1.82, 2.24) is 0 Å². The summed E-state index contributed by atoms with van der Waals surface area (Å²) in [7, 11) is 2.55. The van der Waals surface area contributed by atoms with E-state index in [1.807, 2.05) is 0 Å². The van der Waals surface area contributed by atoms with Crippen molar-refractivity contribution in [3.05, 3.63) is 33.4 Å². The van der Waals surface area contributed by atoms with Crippen LogP contribution in [-0.4, -0.2) is 25.1 Å². The zero-order valence-corrected chi connectivity index (χ0v) is 10.8. The fraction of sp³-hybridized carbons (Fsp3) is 0.300. The van der Waals surface area contributed by atoms with E-state index in [4.69, 9.17) is 4.74 Å². The minimum absolute atomic E-state index is 0.108. The first kappa shape index (κ1) is 13.4. The first-order chi connectivity index (χ1) is 8.04. The van der Waals surface area contributed by atoms with Crippen LogP contribution in [0.25, 0.3) is 0 Å². The van der Waals surface area contributed by atoms with Crippen LogP contribution in [0.1, 0.15) is 15.9 Å². The molecule has 0 spiro atoms. The number of esters is 1. The van der Waals surface area contributed by atoms with Crippen molar-refractivity contribution in [3.8, 4) is 5.75 Å². The van der Waals surface area contributed by atoms with Crippen molar-refractivity contribution in [1.29, 1.82) is 0 Å². The average Bonchev–Trinajstić information content (AvgIpc) is 2.35. The molecule has 0 amide bonds. The molecule has 17 heavy (non-hydrogen) atoms. The summed E-state index contributed by atoms with van der Waals surface area (Å²) >= 11 is 3.20. The van der Waals surface area contributed by atoms with E-state index >= 15 is 0 Å². The molecular formula is C10H10BrNO5. The highest BCUT2D eigenvalue weighted by Gasteiger charge is 2.22. The molecule has 1 aromatic rings. The van der Waals surface area contributed by atoms with Gasteiger partial charge in [0.2, 0.25) is 0 Å². The highest BCUT2D eigenvalue weighted by atomic mass is 79.9. The Bertz CT molecular complexity index is 460. The van der Waals surface area contributed by atoms with Crippen LogP contribution in [0.2, 0.25) is 0 Å². The number of nitro groups is 1. The minimum atomic E-state index is -0.620. The Kier molecular flexibility index (Phi) is 4.45. The Morgan fingerprint density at radius 1 is 1.47 bits per heavy atom. The lowest BCUT2D eigenvalue weighted by molar-refractivity contribution is -0.385. The number of ether oxygens (including phenoxy) is 2. The van der Waals surface area contributed by atoms with Gasteiger partial charge in [-0.05, 0) is 11.6 Å². The molecule has 0 saturated carbocycles. The van der Waals surface area contributed by atoms with Crippen LogP contribution in [0.4, 0.5) is 5.69 Å². The minimum Gasteiger partial charge on any atom is -0.490 e. The van der Waals surface area contributed by atoms with Crippen molar-refractivity contribution >= 4 is 27.6 Å². The summed E-state index contributed by atoms with van der Waals surface area (Å²) in [5.41, 5.74) is 0.453. The topological polar surface area (TPSA) is 78.7 Å². The van der Waals surface area contributed by atoms with Gasteiger partial charge in [0, 0.05) is 11.4 Å². The zero-order valence-electron chi connectivity index (χ0n) is 9.23. The van der Waals surface area contributed by atoms with E-state index in [9.17, 15) is 14.9 Å². The molecule has 0 fully saturated rings. The van der Waals surface area contributed by atoms with Crippen molar-refractivity contribution in [2.75, 3.05) is 14.2 Å². The summed E-state index contributed by atoms with van der Waals surface area (Å²) in [6.07, 6.45) is 0. The number of alkyl halides is 1. The molecule has 0 radical (unpaired) electrons. The molecule has 0 unspecified atom stereocenters. The number of carbonyl (C=O) groups is 1. The summed E-state index contributed by atoms with van der Waals surface area (Å²) in [4.78, 5) is 21.7. The summed E-state index contributed by atoms with van der Waals surface area (Å²) < 4.78 is 9.47. The molecule has 6 nitrogen and oxygen atoms in total. The molecule has 0 aromatic heterocycles. The summed E-state index contributed by atoms with van der Waals surface area (Å²) in [5.74, 6) is -0.512. The maximum absolute atomic E-state index is 11.5. The third-order valence-corrected chi connectivity index (χ3v) is 2.75. The van der Waals surface area contributed by atoms with Gasteiger partial charge in [-0.3, -0.25) is 10.1 Å². The van der Waals surface area contributed by atoms with E-state index in [1.165, 1.54) is 20.3 Å². The van der Waals surface area contributed by atoms with Gasteiger partial charge in [-0.1, -0.05) is 15.9 Å². The van der Waals surface area contributed by atoms with Crippen LogP contribution in [0.3, 0.4) is 0 Å². The molecule has 0 bridgehead atoms. The number of nitro benzene ring substituents is 1. The fourth-order valence-electron chi connectivity index (χ4n) is 1.33. The zero-order chi connectivity index (χ0) is 13.0. The average molecular weight is 304 g/mol. The fourth-order valence-corrected chi connectivity index (χ4v) is 1.79. The number of nitrogens with zero attached hydrogens (tertiary/aromatic N) is 1. The van der Waals surface area contributed by atoms with E-state index < -0.39 is 10.9 Å². The molecule has 0 N–H and O–H groups in total. The molecule has 0 aliphatic heterocycles. The maximum atomic E-state index is 11.5. The van der Waals surface area contributed by atoms with Gasteiger partial charge in [0.15, 0.2) is 5.75 Å². The number of carbonyl (C=O) groups excluding carboxylic acids is 1. The normalized spacial score (nSPS) is 9.82. The standard InChI is InChI=1S/C10H10BrNO5/c1-16-9-3-6(5-11)7(10(13)17-2)4-8(9)12(14)15/h3-4H,5H2,1-2H3. The lowest BCUT2D eigenvalue weighted by atomic mass is 10.1. The number of halogens is 1. The summed E-state index contributed by atoms with van der Waals surface area (Å²) in [6.45, 7) is 0. The van der Waals surface area contributed by atoms with Gasteiger partial charge in [0.1, 0.15) is 0 Å². The maximum Gasteiger partial charge on any atom is 0.338 e. The van der Waals surface area contributed by atoms with Crippen molar-refractivity contribution in [3.63, 3.8) is 0 Å². The van der Waals surface area contributed by atoms with Crippen molar-refractivity contribution < 1.29 is 19.2 Å². The number of benzene rings is 1. The number of rotatable bonds is 4. The smallest absolute Gasteiger partial charge is 0.338 e. The van der Waals surface area contributed by atoms with E-state index in [1.54, 1.807) is 0 Å². The SMILES string of the molecule is COC(=O)c1cc([N+](=O)[O-])c(OC)cc1CBr. The molecule has 1 aromatic carbocycles. The number of methoxy groups -OCH3 is 2. The summed E-state index contributed by atoms with van der Waals surface area (Å²) in [6, 6.07) is 2.60. The van der Waals surface area contributed by atoms with E-state index in [0.717, 1.165) is 6.07 Å². The highest BCUT2D eigenvalue weighted by molar-refractivity contribution is 9.08. The van der Waals surface area contributed by atoms with Crippen LogP contribution >= 0.6 is 15.9 Å². The van der Waals surface area contributed by atoms with Gasteiger partial charge in [-0.25, -0.2) is 4.79 Å². The Hall–Kier alpha value is -1.63. The van der Waals surface area contributed by atoms with Gasteiger partial charge < -0.3 is 9.47 Å². The molecule has 0 saturated heterocycles. The molecule has 0 aliphatic rings. The Balaban J connectivity index is 3.44. The number of hydrogen-bond donors (Lipinski definition) is 0. The van der Waals surface area contributed by atoms with Gasteiger partial charge in [-0.2, -0.15) is 0 Å². The third-order valence-electron chi connectivity index (χ3n) is 2.15. The molecule has 7 heteroatoms. The quantitative estimate of drug-likeness (QED) is 0.369. The predicted molar refractivity (Wildman–Crippen MR) is 63.6 cm³/mol. The van der Waals surface area contributed by atoms with Gasteiger partial charge >= 0.3 is 11.7 Å². The molecule has 0 aliphatic carbocycles. The molecule has 0 heterocycles. The lowest BCUT2D eigenvalue weighted by Crippen LogP contribution is -2.07. The molecule has 92 valence electrons. The van der Waals surface area contributed by atoms with Crippen molar-refractivity contribution in [2.24, 2.45) is 0 Å². The summed E-state index contributed by atoms with van der Waals surface area (Å²) in [5, 5.41) is 11.2. The highest BCUT2D eigenvalue weighted by Crippen LogP contribution is 2.31. The first-order valence-electron chi connectivity index (χ1n) is 4.54. The number of hydrogen-bond acceptors (Lipinski definition) is 5. The monoisotopic (exact) mass is 303 g/mol. The van der Waals surface area contributed by atoms with Gasteiger partial charge in [0.05, 0.1) is 24.7 Å². The molecule has 0 atom stereocenters. The van der Waals surface area contributed by atoms with Crippen LogP contribution < -0.4 is 4.74 Å². The van der Waals surface area contributed by atoms with Crippen LogP contribution in [0, 0.1) is 10.1 Å². The predicted octanol–water partition coefficient (Wildman–Crippen LogP) is 2.28. The van der Waals surface area contributed by atoms with Crippen molar-refractivity contribution in [2.45, 2.75) is 5.33 Å². The second kappa shape index (κ2) is 5.62. The first-order valence-corrected chi connectivity index (χ1v) is 5.66. The Morgan fingerprint density at radius 3 is 2.53 bits per heavy atom. The van der Waals surface area contributed by atoms with E-state index in [-0.39, 0.29) is 17.0 Å². The van der Waals surface area contributed by atoms with Gasteiger partial charge in [0.25, 0.3) is 0 Å². The Labute approximate surface area is 106 Å². The van der Waals surface area contributed by atoms with E-state index in [0.29, 0.717) is 10.9 Å². The Morgan fingerprint density at radius 2 is 2.12 bits per heavy atom. The van der Waals surface area contributed by atoms with Crippen LogP contribution in [0.5, 0.6) is 5.75 Å². The van der Waals surface area contributed by atoms with E-state index in [2.05, 4.69) is 20.7 Å². The second-order valence-electron chi connectivity index (χ2n) is 3.06. The second-order valence-corrected chi connectivity index (χ2v) is 3.62.